The minimum atomic E-state index is -0.311. The summed E-state index contributed by atoms with van der Waals surface area (Å²) in [5.41, 5.74) is 2.60. The van der Waals surface area contributed by atoms with Gasteiger partial charge in [0, 0.05) is 43.3 Å². The first-order chi connectivity index (χ1) is 14.5. The highest BCUT2D eigenvalue weighted by atomic mass is 32.1. The predicted molar refractivity (Wildman–Crippen MR) is 118 cm³/mol. The van der Waals surface area contributed by atoms with Gasteiger partial charge < -0.3 is 20.7 Å². The van der Waals surface area contributed by atoms with Crippen LogP contribution >= 0.6 is 11.3 Å². The third-order valence-electron chi connectivity index (χ3n) is 4.88. The first-order valence-electron chi connectivity index (χ1n) is 10.1. The number of methoxy groups -OCH3 is 1. The molecule has 1 aliphatic carbocycles. The van der Waals surface area contributed by atoms with Crippen molar-refractivity contribution in [2.75, 3.05) is 30.9 Å². The summed E-state index contributed by atoms with van der Waals surface area (Å²) in [5.74, 6) is -0.673. The third kappa shape index (κ3) is 5.46. The maximum Gasteiger partial charge on any atom is 0.256 e. The molecule has 0 saturated heterocycles. The molecule has 160 valence electrons. The highest BCUT2D eigenvalue weighted by molar-refractivity contribution is 7.17. The summed E-state index contributed by atoms with van der Waals surface area (Å²) < 4.78 is 5.03. The van der Waals surface area contributed by atoms with Crippen LogP contribution in [0.4, 0.5) is 10.7 Å². The van der Waals surface area contributed by atoms with E-state index in [9.17, 15) is 14.4 Å². The second-order valence-electron chi connectivity index (χ2n) is 7.23. The zero-order valence-electron chi connectivity index (χ0n) is 17.3. The molecule has 1 aromatic heterocycles. The molecule has 1 heterocycles. The van der Waals surface area contributed by atoms with Crippen LogP contribution in [0.3, 0.4) is 0 Å². The third-order valence-corrected chi connectivity index (χ3v) is 6.09. The number of fused-ring (bicyclic) bond motifs is 1. The highest BCUT2D eigenvalue weighted by Gasteiger charge is 2.26. The van der Waals surface area contributed by atoms with Gasteiger partial charge >= 0.3 is 0 Å². The van der Waals surface area contributed by atoms with Crippen LogP contribution in [0.1, 0.15) is 57.3 Å². The molecule has 3 N–H and O–H groups in total. The standard InChI is InChI=1S/C22H27N3O4S/c1-14(26)24-16-8-5-7-15(13-16)20(27)25-22-19(21(28)23-11-6-12-29-2)17-9-3-4-10-18(17)30-22/h5,7-8,13H,3-4,6,9-12H2,1-2H3,(H,23,28)(H,24,26)(H,25,27). The van der Waals surface area contributed by atoms with Crippen molar-refractivity contribution >= 4 is 39.7 Å². The van der Waals surface area contributed by atoms with Crippen LogP contribution in [0.2, 0.25) is 0 Å². The second kappa shape index (κ2) is 10.4. The summed E-state index contributed by atoms with van der Waals surface area (Å²) in [5, 5.41) is 9.13. The summed E-state index contributed by atoms with van der Waals surface area (Å²) in [6.45, 7) is 2.51. The molecule has 0 spiro atoms. The Bertz CT molecular complexity index is 938. The average Bonchev–Trinajstić information content (AvgIpc) is 3.08. The Morgan fingerprint density at radius 2 is 1.90 bits per heavy atom. The molecule has 8 heteroatoms. The Morgan fingerprint density at radius 3 is 2.67 bits per heavy atom. The number of thiophene rings is 1. The molecule has 0 saturated carbocycles. The van der Waals surface area contributed by atoms with Gasteiger partial charge in [0.1, 0.15) is 5.00 Å². The van der Waals surface area contributed by atoms with Crippen molar-refractivity contribution in [2.24, 2.45) is 0 Å². The van der Waals surface area contributed by atoms with Crippen molar-refractivity contribution in [3.05, 3.63) is 45.8 Å². The number of ether oxygens (including phenoxy) is 1. The molecular formula is C22H27N3O4S. The normalized spacial score (nSPS) is 12.7. The van der Waals surface area contributed by atoms with E-state index in [2.05, 4.69) is 16.0 Å². The maximum absolute atomic E-state index is 12.9. The Morgan fingerprint density at radius 1 is 1.10 bits per heavy atom. The Hall–Kier alpha value is -2.71. The first-order valence-corrected chi connectivity index (χ1v) is 10.9. The number of rotatable bonds is 8. The molecule has 0 atom stereocenters. The zero-order valence-corrected chi connectivity index (χ0v) is 18.1. The number of carbonyl (C=O) groups is 3. The van der Waals surface area contributed by atoms with Gasteiger partial charge in [-0.3, -0.25) is 14.4 Å². The van der Waals surface area contributed by atoms with Crippen molar-refractivity contribution in [2.45, 2.75) is 39.0 Å². The van der Waals surface area contributed by atoms with E-state index in [0.29, 0.717) is 35.0 Å². The van der Waals surface area contributed by atoms with Crippen LogP contribution in [-0.4, -0.2) is 38.0 Å². The van der Waals surface area contributed by atoms with E-state index in [0.717, 1.165) is 37.7 Å². The van der Waals surface area contributed by atoms with E-state index in [1.807, 2.05) is 0 Å². The summed E-state index contributed by atoms with van der Waals surface area (Å²) in [7, 11) is 1.63. The van der Waals surface area contributed by atoms with Crippen molar-refractivity contribution in [1.29, 1.82) is 0 Å². The number of carbonyl (C=O) groups excluding carboxylic acids is 3. The quantitative estimate of drug-likeness (QED) is 0.559. The van der Waals surface area contributed by atoms with Gasteiger partial charge in [-0.2, -0.15) is 0 Å². The van der Waals surface area contributed by atoms with E-state index >= 15 is 0 Å². The number of hydrogen-bond donors (Lipinski definition) is 3. The smallest absolute Gasteiger partial charge is 0.256 e. The molecule has 0 aliphatic heterocycles. The molecule has 7 nitrogen and oxygen atoms in total. The number of nitrogens with one attached hydrogen (secondary N) is 3. The summed E-state index contributed by atoms with van der Waals surface area (Å²) >= 11 is 1.48. The van der Waals surface area contributed by atoms with Crippen LogP contribution in [0, 0.1) is 0 Å². The molecule has 0 unspecified atom stereocenters. The lowest BCUT2D eigenvalue weighted by Crippen LogP contribution is -2.27. The summed E-state index contributed by atoms with van der Waals surface area (Å²) in [6.07, 6.45) is 4.64. The lowest BCUT2D eigenvalue weighted by Gasteiger charge is -2.13. The molecule has 30 heavy (non-hydrogen) atoms. The van der Waals surface area contributed by atoms with Crippen molar-refractivity contribution < 1.29 is 19.1 Å². The topological polar surface area (TPSA) is 96.5 Å². The number of benzene rings is 1. The van der Waals surface area contributed by atoms with Crippen LogP contribution in [0.25, 0.3) is 0 Å². The van der Waals surface area contributed by atoms with Gasteiger partial charge in [-0.25, -0.2) is 0 Å². The van der Waals surface area contributed by atoms with Crippen molar-refractivity contribution in [3.63, 3.8) is 0 Å². The fourth-order valence-corrected chi connectivity index (χ4v) is 4.80. The molecule has 1 aliphatic rings. The van der Waals surface area contributed by atoms with Gasteiger partial charge in [-0.15, -0.1) is 11.3 Å². The number of aryl methyl sites for hydroxylation is 1. The summed E-state index contributed by atoms with van der Waals surface area (Å²) in [6, 6.07) is 6.73. The first kappa shape index (κ1) is 22.0. The fraction of sp³-hybridized carbons (Fsp3) is 0.409. The zero-order chi connectivity index (χ0) is 21.5. The molecular weight excluding hydrogens is 402 g/mol. The molecule has 3 amide bonds. The average molecular weight is 430 g/mol. The number of amides is 3. The molecule has 0 fully saturated rings. The fourth-order valence-electron chi connectivity index (χ4n) is 3.52. The maximum atomic E-state index is 12.9. The summed E-state index contributed by atoms with van der Waals surface area (Å²) in [4.78, 5) is 38.2. The minimum Gasteiger partial charge on any atom is -0.385 e. The Kier molecular flexibility index (Phi) is 7.59. The molecule has 3 rings (SSSR count). The van der Waals surface area contributed by atoms with Crippen molar-refractivity contribution in [3.8, 4) is 0 Å². The van der Waals surface area contributed by atoms with Crippen LogP contribution in [-0.2, 0) is 22.4 Å². The van der Waals surface area contributed by atoms with Gasteiger partial charge in [0.15, 0.2) is 0 Å². The van der Waals surface area contributed by atoms with E-state index in [1.165, 1.54) is 23.1 Å². The second-order valence-corrected chi connectivity index (χ2v) is 8.34. The van der Waals surface area contributed by atoms with Gasteiger partial charge in [0.25, 0.3) is 11.8 Å². The van der Waals surface area contributed by atoms with Gasteiger partial charge in [0.2, 0.25) is 5.91 Å². The van der Waals surface area contributed by atoms with Crippen LogP contribution < -0.4 is 16.0 Å². The van der Waals surface area contributed by atoms with Crippen LogP contribution in [0.15, 0.2) is 24.3 Å². The Labute approximate surface area is 180 Å². The largest absolute Gasteiger partial charge is 0.385 e. The monoisotopic (exact) mass is 429 g/mol. The number of hydrogen-bond acceptors (Lipinski definition) is 5. The van der Waals surface area contributed by atoms with Gasteiger partial charge in [-0.1, -0.05) is 6.07 Å². The van der Waals surface area contributed by atoms with Gasteiger partial charge in [-0.05, 0) is 55.9 Å². The van der Waals surface area contributed by atoms with Crippen molar-refractivity contribution in [1.82, 2.24) is 5.32 Å². The van der Waals surface area contributed by atoms with E-state index < -0.39 is 0 Å². The molecule has 0 bridgehead atoms. The van der Waals surface area contributed by atoms with E-state index in [-0.39, 0.29) is 17.7 Å². The predicted octanol–water partition coefficient (Wildman–Crippen LogP) is 3.60. The highest BCUT2D eigenvalue weighted by Crippen LogP contribution is 2.38. The lowest BCUT2D eigenvalue weighted by atomic mass is 9.95. The van der Waals surface area contributed by atoms with E-state index in [4.69, 9.17) is 4.74 Å². The minimum absolute atomic E-state index is 0.159. The molecule has 1 aromatic carbocycles. The number of anilines is 2. The molecule has 2 aromatic rings. The lowest BCUT2D eigenvalue weighted by molar-refractivity contribution is -0.114. The van der Waals surface area contributed by atoms with E-state index in [1.54, 1.807) is 31.4 Å². The van der Waals surface area contributed by atoms with Crippen LogP contribution in [0.5, 0.6) is 0 Å². The Balaban J connectivity index is 1.81. The SMILES string of the molecule is COCCCNC(=O)c1c(NC(=O)c2cccc(NC(C)=O)c2)sc2c1CCCC2. The molecule has 0 radical (unpaired) electrons. The van der Waals surface area contributed by atoms with Gasteiger partial charge in [0.05, 0.1) is 5.56 Å².